The van der Waals surface area contributed by atoms with Gasteiger partial charge in [0.15, 0.2) is 22.7 Å². The fraction of sp³-hybridized carbons (Fsp3) is 0.240. The van der Waals surface area contributed by atoms with Gasteiger partial charge in [-0.3, -0.25) is 14.5 Å². The molecule has 0 saturated carbocycles. The Hall–Kier alpha value is -3.59. The molecule has 2 aromatic carbocycles. The first kappa shape index (κ1) is 22.2. The fourth-order valence-electron chi connectivity index (χ4n) is 4.15. The maximum absolute atomic E-state index is 13.7. The van der Waals surface area contributed by atoms with E-state index in [4.69, 9.17) is 18.4 Å². The molecule has 1 atom stereocenters. The van der Waals surface area contributed by atoms with Crippen molar-refractivity contribution in [2.45, 2.75) is 26.3 Å². The van der Waals surface area contributed by atoms with Gasteiger partial charge in [0.1, 0.15) is 11.3 Å². The maximum atomic E-state index is 13.7. The van der Waals surface area contributed by atoms with Crippen LogP contribution in [0.2, 0.25) is 0 Å². The smallest absolute Gasteiger partial charge is 0.296 e. The van der Waals surface area contributed by atoms with Crippen LogP contribution in [0.5, 0.6) is 11.5 Å². The first-order valence-corrected chi connectivity index (χ1v) is 11.6. The van der Waals surface area contributed by atoms with E-state index in [2.05, 4.69) is 21.1 Å². The number of anilines is 1. The minimum Gasteiger partial charge on any atom is -0.493 e. The van der Waals surface area contributed by atoms with Crippen LogP contribution >= 0.6 is 15.9 Å². The molecule has 0 bridgehead atoms. The molecule has 1 amide bonds. The van der Waals surface area contributed by atoms with Crippen molar-refractivity contribution in [2.24, 2.45) is 0 Å². The number of aryl methyl sites for hydroxylation is 1. The molecular weight excluding hydrogens is 504 g/mol. The van der Waals surface area contributed by atoms with Crippen molar-refractivity contribution in [2.75, 3.05) is 18.6 Å². The highest BCUT2D eigenvalue weighted by molar-refractivity contribution is 9.10. The van der Waals surface area contributed by atoms with Crippen LogP contribution in [0.25, 0.3) is 11.0 Å². The second kappa shape index (κ2) is 8.64. The van der Waals surface area contributed by atoms with Crippen molar-refractivity contribution in [3.05, 3.63) is 79.8 Å². The van der Waals surface area contributed by atoms with Crippen LogP contribution in [0.1, 0.15) is 46.8 Å². The minimum atomic E-state index is -0.791. The van der Waals surface area contributed by atoms with Crippen molar-refractivity contribution in [3.63, 3.8) is 0 Å². The van der Waals surface area contributed by atoms with E-state index in [-0.39, 0.29) is 22.6 Å². The van der Waals surface area contributed by atoms with Gasteiger partial charge in [-0.25, -0.2) is 0 Å². The lowest BCUT2D eigenvalue weighted by Crippen LogP contribution is -2.29. The Morgan fingerprint density at radius 3 is 2.65 bits per heavy atom. The van der Waals surface area contributed by atoms with Gasteiger partial charge in [-0.05, 0) is 49.2 Å². The number of ether oxygens (including phenoxy) is 2. The molecule has 0 spiro atoms. The van der Waals surface area contributed by atoms with E-state index in [1.807, 2.05) is 13.0 Å². The molecule has 4 aromatic rings. The van der Waals surface area contributed by atoms with Gasteiger partial charge < -0.3 is 18.4 Å². The summed E-state index contributed by atoms with van der Waals surface area (Å²) in [7, 11) is 1.55. The molecule has 174 valence electrons. The Balaban J connectivity index is 1.75. The third-order valence-corrected chi connectivity index (χ3v) is 6.15. The SMILES string of the molecule is CCCOc1ccc([C@H]2c3c(oc4ccc(Br)cc4c3=O)C(=O)N2c2cc(C)on2)cc1OC. The van der Waals surface area contributed by atoms with Crippen LogP contribution in [0.3, 0.4) is 0 Å². The molecule has 34 heavy (non-hydrogen) atoms. The predicted molar refractivity (Wildman–Crippen MR) is 129 cm³/mol. The van der Waals surface area contributed by atoms with Crippen LogP contribution in [0.15, 0.2) is 60.7 Å². The zero-order chi connectivity index (χ0) is 24.0. The summed E-state index contributed by atoms with van der Waals surface area (Å²) in [5.41, 5.74) is 0.928. The van der Waals surface area contributed by atoms with Crippen molar-refractivity contribution in [1.29, 1.82) is 0 Å². The van der Waals surface area contributed by atoms with E-state index in [1.165, 1.54) is 4.90 Å². The monoisotopic (exact) mass is 524 g/mol. The van der Waals surface area contributed by atoms with Gasteiger partial charge in [-0.1, -0.05) is 34.1 Å². The number of rotatable bonds is 6. The molecule has 8 nitrogen and oxygen atoms in total. The maximum Gasteiger partial charge on any atom is 0.296 e. The van der Waals surface area contributed by atoms with Gasteiger partial charge >= 0.3 is 0 Å². The van der Waals surface area contributed by atoms with E-state index < -0.39 is 11.9 Å². The van der Waals surface area contributed by atoms with E-state index in [1.54, 1.807) is 50.4 Å². The van der Waals surface area contributed by atoms with E-state index in [9.17, 15) is 9.59 Å². The second-order valence-corrected chi connectivity index (χ2v) is 8.86. The molecule has 0 aliphatic carbocycles. The topological polar surface area (TPSA) is 95.0 Å². The number of aromatic nitrogens is 1. The molecule has 3 heterocycles. The third-order valence-electron chi connectivity index (χ3n) is 5.66. The van der Waals surface area contributed by atoms with Crippen molar-refractivity contribution in [3.8, 4) is 11.5 Å². The first-order chi connectivity index (χ1) is 16.4. The summed E-state index contributed by atoms with van der Waals surface area (Å²) in [6, 6.07) is 11.3. The Kier molecular flexibility index (Phi) is 5.65. The molecule has 0 saturated heterocycles. The average Bonchev–Trinajstić information content (AvgIpc) is 3.39. The summed E-state index contributed by atoms with van der Waals surface area (Å²) in [6.07, 6.45) is 0.846. The number of benzene rings is 2. The van der Waals surface area contributed by atoms with Crippen molar-refractivity contribution < 1.29 is 23.2 Å². The van der Waals surface area contributed by atoms with Gasteiger partial charge in [-0.15, -0.1) is 0 Å². The Labute approximate surface area is 203 Å². The number of halogens is 1. The van der Waals surface area contributed by atoms with E-state index in [0.29, 0.717) is 40.4 Å². The average molecular weight is 525 g/mol. The minimum absolute atomic E-state index is 0.0178. The number of fused-ring (bicyclic) bond motifs is 2. The summed E-state index contributed by atoms with van der Waals surface area (Å²) < 4.78 is 23.3. The lowest BCUT2D eigenvalue weighted by molar-refractivity contribution is 0.0969. The van der Waals surface area contributed by atoms with Gasteiger partial charge in [0.25, 0.3) is 5.91 Å². The molecule has 0 N–H and O–H groups in total. The van der Waals surface area contributed by atoms with Crippen LogP contribution < -0.4 is 19.8 Å². The van der Waals surface area contributed by atoms with Crippen LogP contribution in [-0.2, 0) is 0 Å². The van der Waals surface area contributed by atoms with Gasteiger partial charge in [-0.2, -0.15) is 0 Å². The second-order valence-electron chi connectivity index (χ2n) is 7.95. The summed E-state index contributed by atoms with van der Waals surface area (Å²) in [5.74, 6) is 1.41. The van der Waals surface area contributed by atoms with Gasteiger partial charge in [0.05, 0.1) is 30.7 Å². The standard InChI is InChI=1S/C25H21BrN2O6/c1-4-9-32-18-7-5-14(11-19(18)31-3)22-21-23(29)16-12-15(26)6-8-17(16)33-24(21)25(30)28(22)20-10-13(2)34-27-20/h5-8,10-12,22H,4,9H2,1-3H3/t22-/m0/s1. The van der Waals surface area contributed by atoms with Crippen LogP contribution in [0, 0.1) is 6.92 Å². The highest BCUT2D eigenvalue weighted by Crippen LogP contribution is 2.43. The number of carbonyl (C=O) groups is 1. The Morgan fingerprint density at radius 2 is 1.94 bits per heavy atom. The van der Waals surface area contributed by atoms with Gasteiger partial charge in [0, 0.05) is 10.5 Å². The fourth-order valence-corrected chi connectivity index (χ4v) is 4.51. The zero-order valence-electron chi connectivity index (χ0n) is 18.8. The number of hydrogen-bond acceptors (Lipinski definition) is 7. The molecular formula is C25H21BrN2O6. The summed E-state index contributed by atoms with van der Waals surface area (Å²) in [6.45, 7) is 4.29. The molecule has 0 radical (unpaired) electrons. The third kappa shape index (κ3) is 3.56. The molecule has 9 heteroatoms. The predicted octanol–water partition coefficient (Wildman–Crippen LogP) is 5.40. The number of amides is 1. The van der Waals surface area contributed by atoms with Gasteiger partial charge in [0.2, 0.25) is 5.76 Å². The lowest BCUT2D eigenvalue weighted by Gasteiger charge is -2.23. The Bertz CT molecular complexity index is 1470. The quantitative estimate of drug-likeness (QED) is 0.333. The van der Waals surface area contributed by atoms with E-state index >= 15 is 0 Å². The zero-order valence-corrected chi connectivity index (χ0v) is 20.3. The Morgan fingerprint density at radius 1 is 1.12 bits per heavy atom. The highest BCUT2D eigenvalue weighted by Gasteiger charge is 2.45. The van der Waals surface area contributed by atoms with Crippen LogP contribution in [-0.4, -0.2) is 24.8 Å². The lowest BCUT2D eigenvalue weighted by atomic mass is 9.98. The number of hydrogen-bond donors (Lipinski definition) is 0. The molecule has 1 aliphatic heterocycles. The highest BCUT2D eigenvalue weighted by atomic mass is 79.9. The summed E-state index contributed by atoms with van der Waals surface area (Å²) in [4.78, 5) is 28.7. The molecule has 5 rings (SSSR count). The van der Waals surface area contributed by atoms with Crippen molar-refractivity contribution in [1.82, 2.24) is 5.16 Å². The number of methoxy groups -OCH3 is 1. The molecule has 0 unspecified atom stereocenters. The van der Waals surface area contributed by atoms with Crippen LogP contribution in [0.4, 0.5) is 5.82 Å². The molecule has 2 aromatic heterocycles. The summed E-state index contributed by atoms with van der Waals surface area (Å²) >= 11 is 3.41. The molecule has 0 fully saturated rings. The van der Waals surface area contributed by atoms with E-state index in [0.717, 1.165) is 10.9 Å². The first-order valence-electron chi connectivity index (χ1n) is 10.8. The molecule has 1 aliphatic rings. The summed E-state index contributed by atoms with van der Waals surface area (Å²) in [5, 5.41) is 4.42. The normalized spacial score (nSPS) is 15.1. The van der Waals surface area contributed by atoms with Crippen molar-refractivity contribution >= 4 is 38.6 Å². The largest absolute Gasteiger partial charge is 0.493 e. The number of carbonyl (C=O) groups excluding carboxylic acids is 1. The number of nitrogens with zero attached hydrogens (tertiary/aromatic N) is 2.